The fraction of sp³-hybridized carbons (Fsp3) is 0.174. The third kappa shape index (κ3) is 5.45. The topological polar surface area (TPSA) is 73.3 Å². The van der Waals surface area contributed by atoms with Crippen molar-refractivity contribution in [3.8, 4) is 22.8 Å². The van der Waals surface area contributed by atoms with E-state index in [1.807, 2.05) is 53.2 Å². The molecule has 0 spiro atoms. The second kappa shape index (κ2) is 10.1. The van der Waals surface area contributed by atoms with E-state index in [1.165, 1.54) is 22.7 Å². The summed E-state index contributed by atoms with van der Waals surface area (Å²) < 4.78 is 10.7. The SMILES string of the molecule is COc1ccc(OC)c(-c2csc(NC(=O)Cc3csc(Cc4cccc(Cl)c4)n3)n2)c1. The number of nitrogens with one attached hydrogen (secondary N) is 1. The van der Waals surface area contributed by atoms with Crippen molar-refractivity contribution >= 4 is 45.3 Å². The molecule has 0 saturated carbocycles. The lowest BCUT2D eigenvalue weighted by Crippen LogP contribution is -2.14. The first-order valence-corrected chi connectivity index (χ1v) is 11.8. The maximum Gasteiger partial charge on any atom is 0.232 e. The van der Waals surface area contributed by atoms with Crippen LogP contribution in [0, 0.1) is 0 Å². The van der Waals surface area contributed by atoms with Gasteiger partial charge >= 0.3 is 0 Å². The summed E-state index contributed by atoms with van der Waals surface area (Å²) in [7, 11) is 3.21. The molecule has 0 atom stereocenters. The van der Waals surface area contributed by atoms with Crippen molar-refractivity contribution in [2.24, 2.45) is 0 Å². The van der Waals surface area contributed by atoms with E-state index in [-0.39, 0.29) is 12.3 Å². The van der Waals surface area contributed by atoms with Gasteiger partial charge in [-0.05, 0) is 35.9 Å². The zero-order chi connectivity index (χ0) is 22.5. The second-order valence-electron chi connectivity index (χ2n) is 6.87. The standard InChI is InChI=1S/C23H20ClN3O3S2/c1-29-17-6-7-20(30-2)18(11-17)19-13-32-23(26-19)27-21(28)10-16-12-31-22(25-16)9-14-4-3-5-15(24)8-14/h3-8,11-13H,9-10H2,1-2H3,(H,26,27,28). The molecule has 2 aromatic heterocycles. The Morgan fingerprint density at radius 3 is 2.72 bits per heavy atom. The number of aromatic nitrogens is 2. The molecule has 32 heavy (non-hydrogen) atoms. The molecule has 9 heteroatoms. The zero-order valence-corrected chi connectivity index (χ0v) is 19.8. The van der Waals surface area contributed by atoms with Crippen LogP contribution in [0.15, 0.2) is 53.2 Å². The minimum atomic E-state index is -0.164. The number of hydrogen-bond donors (Lipinski definition) is 1. The Morgan fingerprint density at radius 2 is 1.94 bits per heavy atom. The van der Waals surface area contributed by atoms with Gasteiger partial charge in [-0.15, -0.1) is 22.7 Å². The Hall–Kier alpha value is -2.94. The normalized spacial score (nSPS) is 10.7. The highest BCUT2D eigenvalue weighted by atomic mass is 35.5. The first kappa shape index (κ1) is 22.3. The van der Waals surface area contributed by atoms with E-state index >= 15 is 0 Å². The maximum absolute atomic E-state index is 12.5. The van der Waals surface area contributed by atoms with Gasteiger partial charge in [-0.3, -0.25) is 4.79 Å². The van der Waals surface area contributed by atoms with E-state index in [1.54, 1.807) is 14.2 Å². The van der Waals surface area contributed by atoms with Crippen molar-refractivity contribution in [2.45, 2.75) is 12.8 Å². The summed E-state index contributed by atoms with van der Waals surface area (Å²) in [4.78, 5) is 21.6. The molecule has 0 aliphatic heterocycles. The molecular formula is C23H20ClN3O3S2. The van der Waals surface area contributed by atoms with Crippen molar-refractivity contribution in [3.63, 3.8) is 0 Å². The van der Waals surface area contributed by atoms with Crippen LogP contribution in [0.4, 0.5) is 5.13 Å². The van der Waals surface area contributed by atoms with E-state index in [4.69, 9.17) is 21.1 Å². The van der Waals surface area contributed by atoms with Gasteiger partial charge in [0.05, 0.1) is 37.0 Å². The first-order valence-electron chi connectivity index (χ1n) is 9.69. The predicted molar refractivity (Wildman–Crippen MR) is 129 cm³/mol. The van der Waals surface area contributed by atoms with Crippen molar-refractivity contribution < 1.29 is 14.3 Å². The molecule has 0 saturated heterocycles. The molecule has 6 nitrogen and oxygen atoms in total. The summed E-state index contributed by atoms with van der Waals surface area (Å²) in [5.41, 5.74) is 3.33. The fourth-order valence-electron chi connectivity index (χ4n) is 3.13. The molecule has 0 unspecified atom stereocenters. The summed E-state index contributed by atoms with van der Waals surface area (Å²) in [6.45, 7) is 0. The lowest BCUT2D eigenvalue weighted by molar-refractivity contribution is -0.115. The van der Waals surface area contributed by atoms with Gasteiger partial charge in [0.25, 0.3) is 0 Å². The van der Waals surface area contributed by atoms with Gasteiger partial charge in [-0.2, -0.15) is 0 Å². The van der Waals surface area contributed by atoms with Crippen LogP contribution in [0.5, 0.6) is 11.5 Å². The number of rotatable bonds is 8. The lowest BCUT2D eigenvalue weighted by atomic mass is 10.1. The quantitative estimate of drug-likeness (QED) is 0.346. The molecule has 0 radical (unpaired) electrons. The van der Waals surface area contributed by atoms with Crippen LogP contribution in [0.1, 0.15) is 16.3 Å². The van der Waals surface area contributed by atoms with Gasteiger partial charge in [0.2, 0.25) is 5.91 Å². The van der Waals surface area contributed by atoms with E-state index in [2.05, 4.69) is 15.3 Å². The van der Waals surface area contributed by atoms with E-state index in [0.717, 1.165) is 21.8 Å². The van der Waals surface area contributed by atoms with Crippen molar-refractivity contribution in [2.75, 3.05) is 19.5 Å². The molecule has 164 valence electrons. The molecule has 4 rings (SSSR count). The van der Waals surface area contributed by atoms with Crippen molar-refractivity contribution in [3.05, 3.63) is 74.5 Å². The largest absolute Gasteiger partial charge is 0.497 e. The van der Waals surface area contributed by atoms with Gasteiger partial charge < -0.3 is 14.8 Å². The van der Waals surface area contributed by atoms with Crippen LogP contribution >= 0.6 is 34.3 Å². The fourth-order valence-corrected chi connectivity index (χ4v) is 4.90. The predicted octanol–water partition coefficient (Wildman–Crippen LogP) is 5.71. The second-order valence-corrected chi connectivity index (χ2v) is 9.11. The number of ether oxygens (including phenoxy) is 2. The van der Waals surface area contributed by atoms with Crippen molar-refractivity contribution in [1.29, 1.82) is 0 Å². The number of anilines is 1. The number of nitrogens with zero attached hydrogens (tertiary/aromatic N) is 2. The Bertz CT molecular complexity index is 1240. The van der Waals surface area contributed by atoms with Gasteiger partial charge in [-0.25, -0.2) is 9.97 Å². The molecule has 1 N–H and O–H groups in total. The van der Waals surface area contributed by atoms with Gasteiger partial charge in [0.1, 0.15) is 11.5 Å². The average molecular weight is 486 g/mol. The summed E-state index contributed by atoms with van der Waals surface area (Å²) in [5.74, 6) is 1.23. The summed E-state index contributed by atoms with van der Waals surface area (Å²) >= 11 is 8.94. The molecule has 2 aromatic carbocycles. The monoisotopic (exact) mass is 485 g/mol. The number of thiazole rings is 2. The third-order valence-electron chi connectivity index (χ3n) is 4.62. The number of carbonyl (C=O) groups is 1. The minimum Gasteiger partial charge on any atom is -0.497 e. The summed E-state index contributed by atoms with van der Waals surface area (Å²) in [5, 5.41) is 8.80. The first-order chi connectivity index (χ1) is 15.5. The highest BCUT2D eigenvalue weighted by molar-refractivity contribution is 7.14. The van der Waals surface area contributed by atoms with Crippen LogP contribution in [-0.4, -0.2) is 30.1 Å². The van der Waals surface area contributed by atoms with Crippen LogP contribution in [0.25, 0.3) is 11.3 Å². The number of halogens is 1. The molecule has 0 aliphatic rings. The lowest BCUT2D eigenvalue weighted by Gasteiger charge is -2.08. The number of benzene rings is 2. The molecule has 1 amide bonds. The highest BCUT2D eigenvalue weighted by Crippen LogP contribution is 2.35. The van der Waals surface area contributed by atoms with Crippen LogP contribution in [-0.2, 0) is 17.6 Å². The Kier molecular flexibility index (Phi) is 7.04. The van der Waals surface area contributed by atoms with E-state index in [9.17, 15) is 4.79 Å². The molecule has 0 aliphatic carbocycles. The molecule has 2 heterocycles. The van der Waals surface area contributed by atoms with E-state index in [0.29, 0.717) is 33.8 Å². The minimum absolute atomic E-state index is 0.164. The van der Waals surface area contributed by atoms with Gasteiger partial charge in [0, 0.05) is 27.8 Å². The number of amides is 1. The summed E-state index contributed by atoms with van der Waals surface area (Å²) in [6, 6.07) is 13.2. The Morgan fingerprint density at radius 1 is 1.06 bits per heavy atom. The van der Waals surface area contributed by atoms with Gasteiger partial charge in [0.15, 0.2) is 5.13 Å². The van der Waals surface area contributed by atoms with Gasteiger partial charge in [-0.1, -0.05) is 23.7 Å². The smallest absolute Gasteiger partial charge is 0.232 e. The third-order valence-corrected chi connectivity index (χ3v) is 6.51. The Balaban J connectivity index is 1.40. The molecule has 0 fully saturated rings. The van der Waals surface area contributed by atoms with E-state index < -0.39 is 0 Å². The molecule has 0 bridgehead atoms. The van der Waals surface area contributed by atoms with Crippen LogP contribution in [0.3, 0.4) is 0 Å². The zero-order valence-electron chi connectivity index (χ0n) is 17.4. The average Bonchev–Trinajstić information content (AvgIpc) is 3.42. The number of methoxy groups -OCH3 is 2. The summed E-state index contributed by atoms with van der Waals surface area (Å²) in [6.07, 6.45) is 0.870. The Labute approximate surface area is 198 Å². The maximum atomic E-state index is 12.5. The highest BCUT2D eigenvalue weighted by Gasteiger charge is 2.14. The van der Waals surface area contributed by atoms with Crippen molar-refractivity contribution in [1.82, 2.24) is 9.97 Å². The number of carbonyl (C=O) groups excluding carboxylic acids is 1. The van der Waals surface area contributed by atoms with Crippen LogP contribution in [0.2, 0.25) is 5.02 Å². The molecular weight excluding hydrogens is 466 g/mol. The number of hydrogen-bond acceptors (Lipinski definition) is 7. The van der Waals surface area contributed by atoms with Crippen LogP contribution < -0.4 is 14.8 Å². The molecule has 4 aromatic rings.